The summed E-state index contributed by atoms with van der Waals surface area (Å²) in [6, 6.07) is 6.84. The van der Waals surface area contributed by atoms with E-state index in [2.05, 4.69) is 22.4 Å². The second kappa shape index (κ2) is 5.70. The summed E-state index contributed by atoms with van der Waals surface area (Å²) in [4.78, 5) is 4.58. The molecular weight excluding hydrogens is 224 g/mol. The molecule has 2 aliphatic carbocycles. The van der Waals surface area contributed by atoms with Gasteiger partial charge >= 0.3 is 0 Å². The molecule has 0 aromatic carbocycles. The lowest BCUT2D eigenvalue weighted by Gasteiger charge is -2.22. The van der Waals surface area contributed by atoms with Crippen molar-refractivity contribution < 1.29 is 4.74 Å². The first-order valence-corrected chi connectivity index (χ1v) is 7.26. The topological polar surface area (TPSA) is 34.2 Å². The summed E-state index contributed by atoms with van der Waals surface area (Å²) in [5.41, 5.74) is 1.09. The SMILES string of the molecule is c1cc(CNC2CC2)nc(OC2CCCCC2)c1. The van der Waals surface area contributed by atoms with Crippen molar-refractivity contribution >= 4 is 0 Å². The van der Waals surface area contributed by atoms with Crippen LogP contribution in [0.15, 0.2) is 18.2 Å². The van der Waals surface area contributed by atoms with E-state index in [1.54, 1.807) is 0 Å². The van der Waals surface area contributed by atoms with Crippen molar-refractivity contribution in [3.63, 3.8) is 0 Å². The third kappa shape index (κ3) is 3.45. The minimum atomic E-state index is 0.387. The molecule has 0 bridgehead atoms. The number of pyridine rings is 1. The van der Waals surface area contributed by atoms with Crippen molar-refractivity contribution in [2.45, 2.75) is 63.6 Å². The van der Waals surface area contributed by atoms with Crippen LogP contribution in [0.1, 0.15) is 50.6 Å². The van der Waals surface area contributed by atoms with Crippen LogP contribution in [-0.2, 0) is 6.54 Å². The maximum absolute atomic E-state index is 5.98. The summed E-state index contributed by atoms with van der Waals surface area (Å²) in [5.74, 6) is 0.803. The molecule has 3 rings (SSSR count). The molecule has 0 saturated heterocycles. The Bertz CT molecular complexity index is 384. The van der Waals surface area contributed by atoms with Gasteiger partial charge in [-0.25, -0.2) is 4.98 Å². The van der Waals surface area contributed by atoms with Gasteiger partial charge in [0.2, 0.25) is 5.88 Å². The molecule has 1 heterocycles. The predicted octanol–water partition coefficient (Wildman–Crippen LogP) is 3.05. The third-order valence-electron chi connectivity index (χ3n) is 3.77. The normalized spacial score (nSPS) is 20.9. The van der Waals surface area contributed by atoms with Crippen LogP contribution in [0.4, 0.5) is 0 Å². The van der Waals surface area contributed by atoms with Crippen molar-refractivity contribution in [2.75, 3.05) is 0 Å². The molecule has 0 atom stereocenters. The highest BCUT2D eigenvalue weighted by molar-refractivity contribution is 5.16. The van der Waals surface area contributed by atoms with Crippen molar-refractivity contribution in [3.8, 4) is 5.88 Å². The number of rotatable bonds is 5. The Morgan fingerprint density at radius 2 is 1.94 bits per heavy atom. The highest BCUT2D eigenvalue weighted by Crippen LogP contribution is 2.23. The molecule has 3 heteroatoms. The number of nitrogens with zero attached hydrogens (tertiary/aromatic N) is 1. The number of nitrogens with one attached hydrogen (secondary N) is 1. The molecule has 1 N–H and O–H groups in total. The molecule has 0 amide bonds. The molecule has 18 heavy (non-hydrogen) atoms. The molecule has 2 saturated carbocycles. The zero-order chi connectivity index (χ0) is 12.2. The highest BCUT2D eigenvalue weighted by atomic mass is 16.5. The Hall–Kier alpha value is -1.09. The van der Waals surface area contributed by atoms with Crippen LogP contribution < -0.4 is 10.1 Å². The summed E-state index contributed by atoms with van der Waals surface area (Å²) >= 11 is 0. The molecule has 0 radical (unpaired) electrons. The van der Waals surface area contributed by atoms with Gasteiger partial charge in [-0.3, -0.25) is 0 Å². The Kier molecular flexibility index (Phi) is 3.79. The van der Waals surface area contributed by atoms with E-state index < -0.39 is 0 Å². The zero-order valence-electron chi connectivity index (χ0n) is 10.9. The first-order chi connectivity index (χ1) is 8.90. The van der Waals surface area contributed by atoms with Crippen LogP contribution in [0.5, 0.6) is 5.88 Å². The van der Waals surface area contributed by atoms with Gasteiger partial charge in [-0.2, -0.15) is 0 Å². The number of hydrogen-bond donors (Lipinski definition) is 1. The monoisotopic (exact) mass is 246 g/mol. The van der Waals surface area contributed by atoms with E-state index in [0.717, 1.165) is 24.2 Å². The number of ether oxygens (including phenoxy) is 1. The average Bonchev–Trinajstić information content (AvgIpc) is 3.22. The van der Waals surface area contributed by atoms with Crippen molar-refractivity contribution in [3.05, 3.63) is 23.9 Å². The van der Waals surface area contributed by atoms with Crippen LogP contribution in [0, 0.1) is 0 Å². The fourth-order valence-corrected chi connectivity index (χ4v) is 2.51. The summed E-state index contributed by atoms with van der Waals surface area (Å²) in [7, 11) is 0. The van der Waals surface area contributed by atoms with Gasteiger partial charge in [-0.15, -0.1) is 0 Å². The lowest BCUT2D eigenvalue weighted by atomic mass is 9.98. The zero-order valence-corrected chi connectivity index (χ0v) is 10.9. The summed E-state index contributed by atoms with van der Waals surface area (Å²) in [5, 5.41) is 3.49. The van der Waals surface area contributed by atoms with Crippen LogP contribution in [0.3, 0.4) is 0 Å². The number of hydrogen-bond acceptors (Lipinski definition) is 3. The van der Waals surface area contributed by atoms with Gasteiger partial charge in [0.1, 0.15) is 6.10 Å². The van der Waals surface area contributed by atoms with Crippen molar-refractivity contribution in [1.29, 1.82) is 0 Å². The van der Waals surface area contributed by atoms with Gasteiger partial charge in [0, 0.05) is 18.7 Å². The second-order valence-corrected chi connectivity index (χ2v) is 5.50. The van der Waals surface area contributed by atoms with Gasteiger partial charge in [0.25, 0.3) is 0 Å². The van der Waals surface area contributed by atoms with Crippen LogP contribution in [-0.4, -0.2) is 17.1 Å². The summed E-state index contributed by atoms with van der Waals surface area (Å²) < 4.78 is 5.98. The Morgan fingerprint density at radius 1 is 1.11 bits per heavy atom. The molecule has 0 aliphatic heterocycles. The van der Waals surface area contributed by atoms with E-state index in [1.807, 2.05) is 6.07 Å². The molecule has 1 aromatic rings. The fraction of sp³-hybridized carbons (Fsp3) is 0.667. The van der Waals surface area contributed by atoms with E-state index >= 15 is 0 Å². The second-order valence-electron chi connectivity index (χ2n) is 5.50. The van der Waals surface area contributed by atoms with Crippen molar-refractivity contribution in [2.24, 2.45) is 0 Å². The van der Waals surface area contributed by atoms with Crippen LogP contribution >= 0.6 is 0 Å². The lowest BCUT2D eigenvalue weighted by Crippen LogP contribution is -2.21. The van der Waals surface area contributed by atoms with Gasteiger partial charge in [-0.1, -0.05) is 12.5 Å². The standard InChI is InChI=1S/C15H22N2O/c1-2-6-14(7-3-1)18-15-8-4-5-13(17-15)11-16-12-9-10-12/h4-5,8,12,14,16H,1-3,6-7,9-11H2. The van der Waals surface area contributed by atoms with Gasteiger partial charge < -0.3 is 10.1 Å². The molecule has 1 aromatic heterocycles. The Labute approximate surface area is 109 Å². The van der Waals surface area contributed by atoms with Crippen LogP contribution in [0.25, 0.3) is 0 Å². The Balaban J connectivity index is 1.55. The van der Waals surface area contributed by atoms with Gasteiger partial charge in [0.15, 0.2) is 0 Å². The molecule has 2 aliphatic rings. The molecule has 98 valence electrons. The molecule has 2 fully saturated rings. The van der Waals surface area contributed by atoms with E-state index in [4.69, 9.17) is 4.74 Å². The van der Waals surface area contributed by atoms with Crippen molar-refractivity contribution in [1.82, 2.24) is 10.3 Å². The maximum Gasteiger partial charge on any atom is 0.213 e. The number of aromatic nitrogens is 1. The minimum Gasteiger partial charge on any atom is -0.474 e. The summed E-state index contributed by atoms with van der Waals surface area (Å²) in [6.45, 7) is 0.868. The van der Waals surface area contributed by atoms with Gasteiger partial charge in [-0.05, 0) is 44.6 Å². The first-order valence-electron chi connectivity index (χ1n) is 7.26. The fourth-order valence-electron chi connectivity index (χ4n) is 2.51. The van der Waals surface area contributed by atoms with Gasteiger partial charge in [0.05, 0.1) is 5.69 Å². The smallest absolute Gasteiger partial charge is 0.213 e. The largest absolute Gasteiger partial charge is 0.474 e. The first kappa shape index (κ1) is 12.0. The quantitative estimate of drug-likeness (QED) is 0.867. The highest BCUT2D eigenvalue weighted by Gasteiger charge is 2.20. The maximum atomic E-state index is 5.98. The lowest BCUT2D eigenvalue weighted by molar-refractivity contribution is 0.148. The van der Waals surface area contributed by atoms with E-state index in [-0.39, 0.29) is 0 Å². The molecule has 3 nitrogen and oxygen atoms in total. The van der Waals surface area contributed by atoms with Crippen LogP contribution in [0.2, 0.25) is 0 Å². The van der Waals surface area contributed by atoms with E-state index in [9.17, 15) is 0 Å². The predicted molar refractivity (Wildman–Crippen MR) is 71.6 cm³/mol. The minimum absolute atomic E-state index is 0.387. The summed E-state index contributed by atoms with van der Waals surface area (Å²) in [6.07, 6.45) is 9.35. The average molecular weight is 246 g/mol. The Morgan fingerprint density at radius 3 is 2.72 bits per heavy atom. The molecule has 0 spiro atoms. The molecular formula is C15H22N2O. The van der Waals surface area contributed by atoms with E-state index in [0.29, 0.717) is 6.10 Å². The third-order valence-corrected chi connectivity index (χ3v) is 3.77. The van der Waals surface area contributed by atoms with E-state index in [1.165, 1.54) is 44.9 Å². The molecule has 0 unspecified atom stereocenters.